The maximum atomic E-state index is 13.6. The molecule has 0 saturated carbocycles. The van der Waals surface area contributed by atoms with Crippen molar-refractivity contribution in [3.63, 3.8) is 0 Å². The quantitative estimate of drug-likeness (QED) is 0.570. The van der Waals surface area contributed by atoms with Gasteiger partial charge in [-0.3, -0.25) is 14.4 Å². The van der Waals surface area contributed by atoms with E-state index >= 15 is 0 Å². The first-order valence-corrected chi connectivity index (χ1v) is 13.8. The average molecular weight is 509 g/mol. The van der Waals surface area contributed by atoms with Crippen molar-refractivity contribution in [2.24, 2.45) is 0 Å². The van der Waals surface area contributed by atoms with Crippen LogP contribution in [0.2, 0.25) is 5.02 Å². The topological polar surface area (TPSA) is 82.0 Å². The van der Waals surface area contributed by atoms with E-state index in [1.165, 1.54) is 8.99 Å². The molecule has 0 aliphatic carbocycles. The molecule has 11 heteroatoms. The van der Waals surface area contributed by atoms with Gasteiger partial charge in [-0.05, 0) is 32.0 Å². The van der Waals surface area contributed by atoms with E-state index in [1.807, 2.05) is 31.2 Å². The van der Waals surface area contributed by atoms with Gasteiger partial charge in [0.1, 0.15) is 0 Å². The Morgan fingerprint density at radius 1 is 1.00 bits per heavy atom. The lowest BCUT2D eigenvalue weighted by Gasteiger charge is -2.36. The predicted molar refractivity (Wildman–Crippen MR) is 133 cm³/mol. The number of benzene rings is 1. The van der Waals surface area contributed by atoms with Crippen LogP contribution in [0.3, 0.4) is 0 Å². The fraction of sp³-hybridized carbons (Fsp3) is 0.565. The number of amides is 1. The number of sulfonamides is 1. The predicted octanol–water partition coefficient (Wildman–Crippen LogP) is 2.24. The molecular weight excluding hydrogens is 476 g/mol. The highest BCUT2D eigenvalue weighted by atomic mass is 35.5. The summed E-state index contributed by atoms with van der Waals surface area (Å²) >= 11 is 6.32. The monoisotopic (exact) mass is 508 g/mol. The Labute approximate surface area is 206 Å². The van der Waals surface area contributed by atoms with E-state index in [1.54, 1.807) is 11.1 Å². The minimum absolute atomic E-state index is 0.137. The molecule has 2 aliphatic rings. The molecule has 0 bridgehead atoms. The molecule has 4 rings (SSSR count). The largest absolute Gasteiger partial charge is 0.368 e. The third-order valence-electron chi connectivity index (χ3n) is 6.50. The lowest BCUT2D eigenvalue weighted by molar-refractivity contribution is 0.0633. The third-order valence-corrected chi connectivity index (χ3v) is 8.65. The van der Waals surface area contributed by atoms with Crippen molar-refractivity contribution in [2.45, 2.75) is 31.8 Å². The molecule has 0 spiro atoms. The Hall–Kier alpha value is -2.14. The Morgan fingerprint density at radius 2 is 1.68 bits per heavy atom. The number of rotatable bonds is 7. The van der Waals surface area contributed by atoms with Crippen molar-refractivity contribution in [1.29, 1.82) is 0 Å². The van der Waals surface area contributed by atoms with E-state index < -0.39 is 10.0 Å². The number of aryl methyl sites for hydroxylation is 1. The molecule has 2 fully saturated rings. The van der Waals surface area contributed by atoms with Crippen LogP contribution in [0.5, 0.6) is 0 Å². The molecule has 1 aromatic heterocycles. The van der Waals surface area contributed by atoms with Gasteiger partial charge in [0, 0.05) is 65.1 Å². The summed E-state index contributed by atoms with van der Waals surface area (Å²) in [5.74, 6) is -0.260. The van der Waals surface area contributed by atoms with Gasteiger partial charge in [0.15, 0.2) is 0 Å². The number of hydrogen-bond acceptors (Lipinski definition) is 6. The molecule has 1 amide bonds. The van der Waals surface area contributed by atoms with Gasteiger partial charge in [0.2, 0.25) is 5.03 Å². The molecule has 0 unspecified atom stereocenters. The molecule has 2 saturated heterocycles. The van der Waals surface area contributed by atoms with Gasteiger partial charge in [0.05, 0.1) is 16.3 Å². The van der Waals surface area contributed by atoms with Gasteiger partial charge in [-0.2, -0.15) is 9.40 Å². The number of halogens is 1. The van der Waals surface area contributed by atoms with Crippen LogP contribution >= 0.6 is 11.6 Å². The molecule has 9 nitrogen and oxygen atoms in total. The van der Waals surface area contributed by atoms with E-state index in [9.17, 15) is 13.2 Å². The summed E-state index contributed by atoms with van der Waals surface area (Å²) in [7, 11) is -3.92. The molecule has 1 aromatic carbocycles. The van der Waals surface area contributed by atoms with Crippen LogP contribution < -0.4 is 4.90 Å². The molecule has 186 valence electrons. The van der Waals surface area contributed by atoms with Crippen LogP contribution in [0.4, 0.5) is 5.69 Å². The zero-order valence-corrected chi connectivity index (χ0v) is 21.4. The zero-order valence-electron chi connectivity index (χ0n) is 19.9. The highest BCUT2D eigenvalue weighted by molar-refractivity contribution is 7.89. The Kier molecular flexibility index (Phi) is 7.81. The molecule has 34 heavy (non-hydrogen) atoms. The van der Waals surface area contributed by atoms with Gasteiger partial charge in [-0.1, -0.05) is 30.7 Å². The van der Waals surface area contributed by atoms with Crippen LogP contribution in [-0.2, 0) is 16.6 Å². The molecular formula is C23H33ClN6O3S. The number of nitrogens with zero attached hydrogens (tertiary/aromatic N) is 6. The fourth-order valence-corrected chi connectivity index (χ4v) is 6.33. The average Bonchev–Trinajstić information content (AvgIpc) is 3.30. The van der Waals surface area contributed by atoms with Crippen LogP contribution in [0.25, 0.3) is 0 Å². The van der Waals surface area contributed by atoms with E-state index in [0.717, 1.165) is 31.7 Å². The van der Waals surface area contributed by atoms with E-state index in [4.69, 9.17) is 11.6 Å². The third kappa shape index (κ3) is 5.10. The second kappa shape index (κ2) is 10.6. The summed E-state index contributed by atoms with van der Waals surface area (Å²) in [5.41, 5.74) is 1.06. The molecule has 2 aromatic rings. The van der Waals surface area contributed by atoms with Crippen molar-refractivity contribution >= 4 is 33.2 Å². The van der Waals surface area contributed by atoms with Gasteiger partial charge >= 0.3 is 0 Å². The van der Waals surface area contributed by atoms with Crippen LogP contribution in [0, 0.1) is 0 Å². The number of anilines is 1. The Morgan fingerprint density at radius 3 is 2.29 bits per heavy atom. The normalized spacial score (nSPS) is 18.4. The first-order chi connectivity index (χ1) is 16.3. The second-order valence-corrected chi connectivity index (χ2v) is 10.9. The number of hydrogen-bond donors (Lipinski definition) is 0. The van der Waals surface area contributed by atoms with Crippen molar-refractivity contribution in [3.8, 4) is 0 Å². The number of carbonyl (C=O) groups excluding carboxylic acids is 1. The number of aromatic nitrogens is 2. The zero-order chi connectivity index (χ0) is 24.3. The summed E-state index contributed by atoms with van der Waals surface area (Å²) < 4.78 is 30.2. The van der Waals surface area contributed by atoms with Gasteiger partial charge < -0.3 is 9.80 Å². The van der Waals surface area contributed by atoms with Crippen molar-refractivity contribution < 1.29 is 13.2 Å². The fourth-order valence-electron chi connectivity index (χ4n) is 4.56. The van der Waals surface area contributed by atoms with Crippen LogP contribution in [0.1, 0.15) is 30.6 Å². The molecule has 3 heterocycles. The summed E-state index contributed by atoms with van der Waals surface area (Å²) in [4.78, 5) is 19.5. The molecule has 0 N–H and O–H groups in total. The van der Waals surface area contributed by atoms with Crippen LogP contribution in [0.15, 0.2) is 35.5 Å². The SMILES string of the molecule is CCCN1CCN(C(=O)c2cn(CC)nc2S(=O)(=O)N2CCN(c3ccccc3Cl)CC2)CC1. The summed E-state index contributed by atoms with van der Waals surface area (Å²) in [6.07, 6.45) is 2.65. The minimum Gasteiger partial charge on any atom is -0.368 e. The van der Waals surface area contributed by atoms with Crippen molar-refractivity contribution in [2.75, 3.05) is 63.8 Å². The Balaban J connectivity index is 1.51. The van der Waals surface area contributed by atoms with Gasteiger partial charge in [-0.25, -0.2) is 8.42 Å². The lowest BCUT2D eigenvalue weighted by Crippen LogP contribution is -2.50. The van der Waals surface area contributed by atoms with Crippen LogP contribution in [-0.4, -0.2) is 97.1 Å². The number of carbonyl (C=O) groups is 1. The molecule has 0 radical (unpaired) electrons. The van der Waals surface area contributed by atoms with Crippen molar-refractivity contribution in [1.82, 2.24) is 23.9 Å². The highest BCUT2D eigenvalue weighted by Gasteiger charge is 2.36. The van der Waals surface area contributed by atoms with E-state index in [-0.39, 0.29) is 16.5 Å². The molecule has 0 atom stereocenters. The standard InChI is InChI=1S/C23H33ClN6O3S/c1-3-9-26-10-12-28(13-11-26)23(31)19-18-29(4-2)25-22(19)34(32,33)30-16-14-27(15-17-30)21-8-6-5-7-20(21)24/h5-8,18H,3-4,9-17H2,1-2H3. The van der Waals surface area contributed by atoms with E-state index in [2.05, 4.69) is 21.8 Å². The number of para-hydroxylation sites is 1. The van der Waals surface area contributed by atoms with Gasteiger partial charge in [0.25, 0.3) is 15.9 Å². The maximum absolute atomic E-state index is 13.6. The summed E-state index contributed by atoms with van der Waals surface area (Å²) in [5, 5.41) is 4.83. The first kappa shape index (κ1) is 25.0. The first-order valence-electron chi connectivity index (χ1n) is 11.9. The molecule has 2 aliphatic heterocycles. The maximum Gasteiger partial charge on any atom is 0.263 e. The summed E-state index contributed by atoms with van der Waals surface area (Å²) in [6, 6.07) is 7.56. The summed E-state index contributed by atoms with van der Waals surface area (Å²) in [6.45, 7) is 9.92. The number of piperazine rings is 2. The minimum atomic E-state index is -3.92. The Bertz CT molecular complexity index is 1110. The lowest BCUT2D eigenvalue weighted by atomic mass is 10.2. The van der Waals surface area contributed by atoms with Crippen molar-refractivity contribution in [3.05, 3.63) is 41.0 Å². The van der Waals surface area contributed by atoms with E-state index in [0.29, 0.717) is 50.8 Å². The second-order valence-electron chi connectivity index (χ2n) is 8.68. The smallest absolute Gasteiger partial charge is 0.263 e. The highest BCUT2D eigenvalue weighted by Crippen LogP contribution is 2.28. The van der Waals surface area contributed by atoms with Gasteiger partial charge in [-0.15, -0.1) is 0 Å².